The summed E-state index contributed by atoms with van der Waals surface area (Å²) >= 11 is 0. The molecular formula is C36H44N4O14. The van der Waals surface area contributed by atoms with E-state index in [1.807, 2.05) is 30.3 Å². The number of aliphatic imine (C=N–C) groups is 1. The highest BCUT2D eigenvalue weighted by Gasteiger charge is 2.56. The molecule has 54 heavy (non-hydrogen) atoms. The lowest BCUT2D eigenvalue weighted by atomic mass is 9.81. The maximum absolute atomic E-state index is 13.6. The summed E-state index contributed by atoms with van der Waals surface area (Å²) in [6, 6.07) is 11.8. The van der Waals surface area contributed by atoms with Gasteiger partial charge >= 0.3 is 11.9 Å². The lowest BCUT2D eigenvalue weighted by Gasteiger charge is -2.48. The number of nitrogens with two attached hydrogens (primary N) is 1. The molecule has 0 bridgehead atoms. The van der Waals surface area contributed by atoms with Crippen LogP contribution < -0.4 is 35.3 Å². The number of ether oxygens (including phenoxy) is 6. The van der Waals surface area contributed by atoms with Crippen molar-refractivity contribution in [1.82, 2.24) is 5.32 Å². The molecule has 0 amide bonds. The minimum absolute atomic E-state index is 0.00140. The van der Waals surface area contributed by atoms with Gasteiger partial charge in [0.2, 0.25) is 17.8 Å². The molecule has 5 rings (SSSR count). The number of hydrogen-bond donors (Lipinski definition) is 9. The topological polar surface area (TPSA) is 273 Å². The Morgan fingerprint density at radius 2 is 1.80 bits per heavy atom. The molecule has 1 spiro atoms. The van der Waals surface area contributed by atoms with Crippen LogP contribution in [0.25, 0.3) is 0 Å². The maximum atomic E-state index is 13.6. The quantitative estimate of drug-likeness (QED) is 0.0511. The average Bonchev–Trinajstić information content (AvgIpc) is 3.15. The van der Waals surface area contributed by atoms with Gasteiger partial charge in [-0.2, -0.15) is 0 Å². The number of anilines is 1. The third-order valence-corrected chi connectivity index (χ3v) is 9.08. The lowest BCUT2D eigenvalue weighted by Crippen LogP contribution is -2.67. The van der Waals surface area contributed by atoms with Crippen LogP contribution in [0.4, 0.5) is 5.69 Å². The molecule has 0 radical (unpaired) electrons. The van der Waals surface area contributed by atoms with E-state index >= 15 is 0 Å². The van der Waals surface area contributed by atoms with Crippen LogP contribution in [0, 0.1) is 0 Å². The second-order valence-corrected chi connectivity index (χ2v) is 12.4. The fourth-order valence-electron chi connectivity index (χ4n) is 6.25. The second kappa shape index (κ2) is 17.0. The number of carboxylic acids is 1. The van der Waals surface area contributed by atoms with E-state index < -0.39 is 66.0 Å². The molecule has 3 aromatic carbocycles. The van der Waals surface area contributed by atoms with Crippen LogP contribution in [0.2, 0.25) is 0 Å². The summed E-state index contributed by atoms with van der Waals surface area (Å²) in [6.07, 6.45) is -7.40. The molecule has 18 nitrogen and oxygen atoms in total. The Bertz CT molecular complexity index is 1860. The van der Waals surface area contributed by atoms with Crippen molar-refractivity contribution >= 4 is 23.6 Å². The van der Waals surface area contributed by atoms with Gasteiger partial charge in [-0.15, -0.1) is 0 Å². The molecular weight excluding hydrogens is 712 g/mol. The minimum atomic E-state index is -1.93. The van der Waals surface area contributed by atoms with Crippen LogP contribution in [0.3, 0.4) is 0 Å². The Hall–Kier alpha value is -5.69. The predicted octanol–water partition coefficient (Wildman–Crippen LogP) is 1.09. The number of carbonyl (C=O) groups excluding carboxylic acids is 1. The monoisotopic (exact) mass is 756 g/mol. The summed E-state index contributed by atoms with van der Waals surface area (Å²) in [5, 5.41) is 71.3. The number of aliphatic hydroxyl groups excluding tert-OH is 3. The van der Waals surface area contributed by atoms with Crippen molar-refractivity contribution in [1.29, 1.82) is 0 Å². The van der Waals surface area contributed by atoms with Crippen molar-refractivity contribution < 1.29 is 68.6 Å². The number of fused-ring (bicyclic) bond motifs is 1. The number of nitrogens with one attached hydrogen (secondary N) is 2. The molecule has 1 saturated heterocycles. The number of methoxy groups -OCH3 is 1. The summed E-state index contributed by atoms with van der Waals surface area (Å²) in [5.41, 5.74) is 4.29. The molecule has 0 aliphatic carbocycles. The average molecular weight is 757 g/mol. The molecule has 10 N–H and O–H groups in total. The fourth-order valence-corrected chi connectivity index (χ4v) is 6.25. The van der Waals surface area contributed by atoms with Crippen LogP contribution in [0.15, 0.2) is 47.5 Å². The highest BCUT2D eigenvalue weighted by molar-refractivity contribution is 5.97. The SMILES string of the molecule is CCNc1cc(O[C@H]2O[C@@]3(CCc4c(OC)c(O)c(OCCc5ccccc5)c(O)c4C(=O)OC3)[C@@H](O)[C@H](O)[C@H]2O)c(OCNC(N)=NC)cc1C(=O)O. The van der Waals surface area contributed by atoms with Crippen LogP contribution in [-0.4, -0.2) is 119 Å². The van der Waals surface area contributed by atoms with Gasteiger partial charge in [0.05, 0.1) is 25.0 Å². The van der Waals surface area contributed by atoms with Gasteiger partial charge in [0.15, 0.2) is 35.7 Å². The molecule has 1 fully saturated rings. The smallest absolute Gasteiger partial charge is 0.342 e. The Kier molecular flexibility index (Phi) is 12.4. The lowest BCUT2D eigenvalue weighted by molar-refractivity contribution is -0.320. The van der Waals surface area contributed by atoms with Crippen LogP contribution in [0.5, 0.6) is 34.5 Å². The summed E-state index contributed by atoms with van der Waals surface area (Å²) in [6.45, 7) is 1.13. The predicted molar refractivity (Wildman–Crippen MR) is 191 cm³/mol. The van der Waals surface area contributed by atoms with Crippen molar-refractivity contribution in [3.8, 4) is 34.5 Å². The molecule has 0 saturated carbocycles. The zero-order valence-electron chi connectivity index (χ0n) is 29.8. The molecule has 2 heterocycles. The van der Waals surface area contributed by atoms with E-state index in [9.17, 15) is 40.2 Å². The van der Waals surface area contributed by atoms with Crippen molar-refractivity contribution in [3.63, 3.8) is 0 Å². The summed E-state index contributed by atoms with van der Waals surface area (Å²) in [7, 11) is 2.68. The number of nitrogens with zero attached hydrogens (tertiary/aromatic N) is 1. The third-order valence-electron chi connectivity index (χ3n) is 9.08. The van der Waals surface area contributed by atoms with Crippen LogP contribution in [0.1, 0.15) is 45.2 Å². The Labute approximate surface area is 309 Å². The molecule has 2 aliphatic heterocycles. The third kappa shape index (κ3) is 8.10. The fraction of sp³-hybridized carbons (Fsp3) is 0.417. The van der Waals surface area contributed by atoms with E-state index in [0.29, 0.717) is 13.0 Å². The molecule has 292 valence electrons. The van der Waals surface area contributed by atoms with Gasteiger partial charge in [-0.1, -0.05) is 30.3 Å². The van der Waals surface area contributed by atoms with E-state index in [1.165, 1.54) is 26.3 Å². The number of phenols is 2. The van der Waals surface area contributed by atoms with Crippen molar-refractivity contribution in [2.24, 2.45) is 10.7 Å². The number of rotatable bonds is 13. The molecule has 5 atom stereocenters. The molecule has 18 heteroatoms. The van der Waals surface area contributed by atoms with Crippen LogP contribution in [-0.2, 0) is 22.3 Å². The Morgan fingerprint density at radius 3 is 2.46 bits per heavy atom. The molecule has 0 aromatic heterocycles. The number of carboxylic acid groups (broad SMARTS) is 1. The van der Waals surface area contributed by atoms with Gasteiger partial charge < -0.3 is 75.4 Å². The molecule has 2 aliphatic rings. The number of aromatic hydroxyl groups is 2. The number of benzene rings is 3. The van der Waals surface area contributed by atoms with Gasteiger partial charge in [0.25, 0.3) is 0 Å². The van der Waals surface area contributed by atoms with Gasteiger partial charge in [-0.25, -0.2) is 9.59 Å². The van der Waals surface area contributed by atoms with E-state index in [-0.39, 0.29) is 71.8 Å². The summed E-state index contributed by atoms with van der Waals surface area (Å²) in [5.74, 6) is -4.48. The van der Waals surface area contributed by atoms with E-state index in [2.05, 4.69) is 15.6 Å². The molecule has 0 unspecified atom stereocenters. The van der Waals surface area contributed by atoms with Gasteiger partial charge in [-0.05, 0) is 25.3 Å². The number of phenolic OH excluding ortho intramolecular Hbond substituents is 2. The first-order chi connectivity index (χ1) is 25.8. The summed E-state index contributed by atoms with van der Waals surface area (Å²) < 4.78 is 34.7. The first-order valence-corrected chi connectivity index (χ1v) is 17.0. The normalized spacial score (nSPS) is 22.6. The van der Waals surface area contributed by atoms with Crippen molar-refractivity contribution in [2.75, 3.05) is 46.0 Å². The number of cyclic esters (lactones) is 1. The van der Waals surface area contributed by atoms with Gasteiger partial charge in [-0.3, -0.25) is 4.99 Å². The van der Waals surface area contributed by atoms with E-state index in [0.717, 1.165) is 5.56 Å². The first-order valence-electron chi connectivity index (χ1n) is 17.0. The number of esters is 1. The Balaban J connectivity index is 1.46. The zero-order chi connectivity index (χ0) is 39.2. The minimum Gasteiger partial charge on any atom is -0.504 e. The van der Waals surface area contributed by atoms with E-state index in [4.69, 9.17) is 34.2 Å². The number of hydrogen-bond acceptors (Lipinski definition) is 15. The number of aliphatic hydroxyl groups is 3. The van der Waals surface area contributed by atoms with Gasteiger partial charge in [0, 0.05) is 37.7 Å². The van der Waals surface area contributed by atoms with E-state index in [1.54, 1.807) is 6.92 Å². The van der Waals surface area contributed by atoms with Crippen LogP contribution >= 0.6 is 0 Å². The Morgan fingerprint density at radius 1 is 1.06 bits per heavy atom. The zero-order valence-corrected chi connectivity index (χ0v) is 29.8. The highest BCUT2D eigenvalue weighted by atomic mass is 16.7. The van der Waals surface area contributed by atoms with Crippen molar-refractivity contribution in [3.05, 3.63) is 64.7 Å². The maximum Gasteiger partial charge on any atom is 0.342 e. The summed E-state index contributed by atoms with van der Waals surface area (Å²) in [4.78, 5) is 29.5. The number of carbonyl (C=O) groups is 2. The second-order valence-electron chi connectivity index (χ2n) is 12.4. The molecule has 3 aromatic rings. The number of aromatic carboxylic acids is 1. The highest BCUT2D eigenvalue weighted by Crippen LogP contribution is 2.51. The van der Waals surface area contributed by atoms with Crippen molar-refractivity contribution in [2.45, 2.75) is 56.4 Å². The standard InChI is InChI=1S/C36H44N4O14/c1-4-39-21-15-23(22(14-20(21)32(46)47)52-17-40-35(37)38-2)53-34-27(43)26(42)31(45)36(54-34)12-10-19-24(33(48)51-16-36)25(41)30(28(44)29(19)49-3)50-13-11-18-8-6-5-7-9-18/h5-9,14-15,26-27,31,34,39,41-45H,4,10-13,16-17H2,1-3H3,(H,46,47)(H3,37,38,40)/t26-,27-,31+,34+,36-/m1/s1. The largest absolute Gasteiger partial charge is 0.504 e. The number of guanidine groups is 1. The van der Waals surface area contributed by atoms with Gasteiger partial charge in [0.1, 0.15) is 36.1 Å². The first kappa shape index (κ1) is 39.5.